The zero-order valence-corrected chi connectivity index (χ0v) is 16.8. The fourth-order valence-electron chi connectivity index (χ4n) is 2.63. The van der Waals surface area contributed by atoms with Crippen molar-refractivity contribution < 1.29 is 22.4 Å². The number of rotatable bonds is 6. The molecular formula is C20H16ClF4N5O. The standard InChI is InChI=1S/C20H16ClF4N5O/c1-12-15(10-27-28-18(31)11-26-17-8-3-2-7-16(17)22)19(21)30(29-12)14-6-4-5-13(9-14)20(23,24)25/h2-10,26H,11H2,1H3,(H,28,31). The molecule has 0 aliphatic rings. The summed E-state index contributed by atoms with van der Waals surface area (Å²) in [5.74, 6) is -1.04. The fraction of sp³-hybridized carbons (Fsp3) is 0.150. The van der Waals surface area contributed by atoms with Gasteiger partial charge in [0.15, 0.2) is 0 Å². The Morgan fingerprint density at radius 3 is 2.68 bits per heavy atom. The van der Waals surface area contributed by atoms with Crippen LogP contribution in [0.5, 0.6) is 0 Å². The first-order valence-electron chi connectivity index (χ1n) is 8.90. The van der Waals surface area contributed by atoms with Crippen molar-refractivity contribution in [2.24, 2.45) is 5.10 Å². The summed E-state index contributed by atoms with van der Waals surface area (Å²) in [6.45, 7) is 1.37. The highest BCUT2D eigenvalue weighted by molar-refractivity contribution is 6.32. The van der Waals surface area contributed by atoms with Crippen molar-refractivity contribution in [3.05, 3.63) is 76.3 Å². The number of aromatic nitrogens is 2. The molecule has 162 valence electrons. The van der Waals surface area contributed by atoms with Crippen LogP contribution in [0.2, 0.25) is 5.15 Å². The van der Waals surface area contributed by atoms with Crippen LogP contribution in [0, 0.1) is 12.7 Å². The van der Waals surface area contributed by atoms with E-state index in [2.05, 4.69) is 20.9 Å². The van der Waals surface area contributed by atoms with Crippen molar-refractivity contribution >= 4 is 29.4 Å². The monoisotopic (exact) mass is 453 g/mol. The number of hydrogen-bond acceptors (Lipinski definition) is 4. The molecule has 6 nitrogen and oxygen atoms in total. The molecule has 2 aromatic carbocycles. The molecule has 0 spiro atoms. The lowest BCUT2D eigenvalue weighted by atomic mass is 10.2. The molecule has 0 saturated carbocycles. The van der Waals surface area contributed by atoms with Gasteiger partial charge in [-0.25, -0.2) is 14.5 Å². The van der Waals surface area contributed by atoms with E-state index in [1.54, 1.807) is 13.0 Å². The molecule has 1 aromatic heterocycles. The predicted octanol–water partition coefficient (Wildman–Crippen LogP) is 4.55. The highest BCUT2D eigenvalue weighted by Gasteiger charge is 2.30. The number of halogens is 5. The van der Waals surface area contributed by atoms with Crippen LogP contribution in [0.3, 0.4) is 0 Å². The zero-order chi connectivity index (χ0) is 22.6. The maximum atomic E-state index is 13.5. The van der Waals surface area contributed by atoms with Gasteiger partial charge in [0.2, 0.25) is 0 Å². The average Bonchev–Trinajstić information content (AvgIpc) is 3.01. The molecule has 0 aliphatic carbocycles. The van der Waals surface area contributed by atoms with E-state index in [4.69, 9.17) is 11.6 Å². The van der Waals surface area contributed by atoms with Crippen molar-refractivity contribution in [3.63, 3.8) is 0 Å². The second-order valence-electron chi connectivity index (χ2n) is 6.38. The van der Waals surface area contributed by atoms with Gasteiger partial charge in [-0.3, -0.25) is 4.79 Å². The summed E-state index contributed by atoms with van der Waals surface area (Å²) in [5.41, 5.74) is 2.43. The quantitative estimate of drug-likeness (QED) is 0.327. The normalized spacial score (nSPS) is 11.7. The van der Waals surface area contributed by atoms with Crippen molar-refractivity contribution in [2.45, 2.75) is 13.1 Å². The maximum Gasteiger partial charge on any atom is 0.416 e. The molecule has 3 rings (SSSR count). The third-order valence-corrected chi connectivity index (χ3v) is 4.53. The third-order valence-electron chi connectivity index (χ3n) is 4.16. The summed E-state index contributed by atoms with van der Waals surface area (Å²) in [6, 6.07) is 10.4. The SMILES string of the molecule is Cc1nn(-c2cccc(C(F)(F)F)c2)c(Cl)c1C=NNC(=O)CNc1ccccc1F. The number of anilines is 1. The minimum atomic E-state index is -4.50. The number of aryl methyl sites for hydroxylation is 1. The van der Waals surface area contributed by atoms with Gasteiger partial charge in [0.1, 0.15) is 11.0 Å². The van der Waals surface area contributed by atoms with Crippen molar-refractivity contribution in [1.29, 1.82) is 0 Å². The van der Waals surface area contributed by atoms with Gasteiger partial charge in [-0.05, 0) is 37.3 Å². The lowest BCUT2D eigenvalue weighted by molar-refractivity contribution is -0.137. The van der Waals surface area contributed by atoms with Crippen LogP contribution in [0.15, 0.2) is 53.6 Å². The first kappa shape index (κ1) is 22.3. The molecule has 0 aliphatic heterocycles. The summed E-state index contributed by atoms with van der Waals surface area (Å²) in [4.78, 5) is 11.9. The number of carbonyl (C=O) groups is 1. The molecule has 0 atom stereocenters. The Morgan fingerprint density at radius 2 is 1.97 bits per heavy atom. The van der Waals surface area contributed by atoms with E-state index in [1.165, 1.54) is 36.5 Å². The maximum absolute atomic E-state index is 13.5. The molecule has 0 radical (unpaired) electrons. The molecule has 0 saturated heterocycles. The summed E-state index contributed by atoms with van der Waals surface area (Å²) < 4.78 is 53.5. The topological polar surface area (TPSA) is 71.3 Å². The predicted molar refractivity (Wildman–Crippen MR) is 109 cm³/mol. The minimum Gasteiger partial charge on any atom is -0.374 e. The van der Waals surface area contributed by atoms with Crippen LogP contribution < -0.4 is 10.7 Å². The Labute approximate surface area is 179 Å². The van der Waals surface area contributed by atoms with Gasteiger partial charge in [0, 0.05) is 0 Å². The fourth-order valence-corrected chi connectivity index (χ4v) is 2.95. The molecule has 1 amide bonds. The Morgan fingerprint density at radius 1 is 1.23 bits per heavy atom. The number of amides is 1. The van der Waals surface area contributed by atoms with E-state index in [0.29, 0.717) is 11.3 Å². The zero-order valence-electron chi connectivity index (χ0n) is 16.0. The van der Waals surface area contributed by atoms with Crippen molar-refractivity contribution in [3.8, 4) is 5.69 Å². The molecule has 2 N–H and O–H groups in total. The lowest BCUT2D eigenvalue weighted by Gasteiger charge is -2.09. The molecule has 0 unspecified atom stereocenters. The molecule has 11 heteroatoms. The van der Waals surface area contributed by atoms with E-state index in [-0.39, 0.29) is 23.1 Å². The summed E-state index contributed by atoms with van der Waals surface area (Å²) in [7, 11) is 0. The molecule has 0 fully saturated rings. The number of benzene rings is 2. The van der Waals surface area contributed by atoms with Gasteiger partial charge in [0.05, 0.1) is 41.0 Å². The van der Waals surface area contributed by atoms with Crippen LogP contribution in [-0.4, -0.2) is 28.4 Å². The van der Waals surface area contributed by atoms with Gasteiger partial charge < -0.3 is 5.32 Å². The first-order chi connectivity index (χ1) is 14.7. The summed E-state index contributed by atoms with van der Waals surface area (Å²) in [5, 5.41) is 10.6. The molecule has 3 aromatic rings. The van der Waals surface area contributed by atoms with Gasteiger partial charge in [-0.1, -0.05) is 29.8 Å². The van der Waals surface area contributed by atoms with Gasteiger partial charge in [-0.2, -0.15) is 23.4 Å². The second kappa shape index (κ2) is 9.17. The molecular weight excluding hydrogens is 438 g/mol. The van der Waals surface area contributed by atoms with E-state index in [1.807, 2.05) is 0 Å². The van der Waals surface area contributed by atoms with E-state index >= 15 is 0 Å². The Bertz CT molecular complexity index is 1130. The van der Waals surface area contributed by atoms with Crippen LogP contribution in [-0.2, 0) is 11.0 Å². The lowest BCUT2D eigenvalue weighted by Crippen LogP contribution is -2.26. The first-order valence-corrected chi connectivity index (χ1v) is 9.27. The number of hydrazone groups is 1. The minimum absolute atomic E-state index is 0.0271. The summed E-state index contributed by atoms with van der Waals surface area (Å²) >= 11 is 6.27. The Hall–Kier alpha value is -3.40. The number of hydrogen-bond donors (Lipinski definition) is 2. The smallest absolute Gasteiger partial charge is 0.374 e. The number of carbonyl (C=O) groups excluding carboxylic acids is 1. The average molecular weight is 454 g/mol. The van der Waals surface area contributed by atoms with Crippen LogP contribution in [0.25, 0.3) is 5.69 Å². The number of alkyl halides is 3. The van der Waals surface area contributed by atoms with Gasteiger partial charge >= 0.3 is 6.18 Å². The van der Waals surface area contributed by atoms with Crippen molar-refractivity contribution in [2.75, 3.05) is 11.9 Å². The second-order valence-corrected chi connectivity index (χ2v) is 6.73. The number of para-hydroxylation sites is 1. The van der Waals surface area contributed by atoms with Crippen LogP contribution in [0.1, 0.15) is 16.8 Å². The summed E-state index contributed by atoms with van der Waals surface area (Å²) in [6.07, 6.45) is -3.27. The molecule has 31 heavy (non-hydrogen) atoms. The van der Waals surface area contributed by atoms with E-state index in [9.17, 15) is 22.4 Å². The van der Waals surface area contributed by atoms with E-state index in [0.717, 1.165) is 16.8 Å². The largest absolute Gasteiger partial charge is 0.416 e. The van der Waals surface area contributed by atoms with Crippen LogP contribution in [0.4, 0.5) is 23.2 Å². The van der Waals surface area contributed by atoms with Gasteiger partial charge in [-0.15, -0.1) is 0 Å². The Kier molecular flexibility index (Phi) is 6.59. The molecule has 0 bridgehead atoms. The van der Waals surface area contributed by atoms with E-state index < -0.39 is 23.5 Å². The molecule has 1 heterocycles. The highest BCUT2D eigenvalue weighted by atomic mass is 35.5. The van der Waals surface area contributed by atoms with Crippen LogP contribution >= 0.6 is 11.6 Å². The number of nitrogens with zero attached hydrogens (tertiary/aromatic N) is 3. The third kappa shape index (κ3) is 5.40. The van der Waals surface area contributed by atoms with Crippen molar-refractivity contribution in [1.82, 2.24) is 15.2 Å². The highest BCUT2D eigenvalue weighted by Crippen LogP contribution is 2.31. The number of nitrogens with one attached hydrogen (secondary N) is 2. The Balaban J connectivity index is 1.69. The van der Waals surface area contributed by atoms with Gasteiger partial charge in [0.25, 0.3) is 5.91 Å².